The minimum absolute atomic E-state index is 0.198. The number of rotatable bonds is 4. The third kappa shape index (κ3) is 2.60. The topological polar surface area (TPSA) is 44.5 Å². The van der Waals surface area contributed by atoms with Crippen molar-refractivity contribution in [3.05, 3.63) is 58.6 Å². The first-order valence-electron chi connectivity index (χ1n) is 6.61. The van der Waals surface area contributed by atoms with Crippen LogP contribution < -0.4 is 15.2 Å². The first-order chi connectivity index (χ1) is 9.78. The zero-order valence-electron chi connectivity index (χ0n) is 11.0. The molecule has 0 radical (unpaired) electrons. The number of hydrogen-bond acceptors (Lipinski definition) is 3. The molecule has 104 valence electrons. The molecule has 0 fully saturated rings. The molecule has 0 bridgehead atoms. The van der Waals surface area contributed by atoms with Gasteiger partial charge in [0.1, 0.15) is 0 Å². The Balaban J connectivity index is 1.83. The Morgan fingerprint density at radius 2 is 1.90 bits per heavy atom. The van der Waals surface area contributed by atoms with Gasteiger partial charge in [0, 0.05) is 10.9 Å². The highest BCUT2D eigenvalue weighted by atomic mass is 35.5. The largest absolute Gasteiger partial charge is 0.454 e. The third-order valence-electron chi connectivity index (χ3n) is 3.55. The Morgan fingerprint density at radius 1 is 1.10 bits per heavy atom. The summed E-state index contributed by atoms with van der Waals surface area (Å²) >= 11 is 6.26. The van der Waals surface area contributed by atoms with Crippen LogP contribution in [0.3, 0.4) is 0 Å². The first-order valence-corrected chi connectivity index (χ1v) is 6.98. The van der Waals surface area contributed by atoms with Gasteiger partial charge in [-0.15, -0.1) is 0 Å². The summed E-state index contributed by atoms with van der Waals surface area (Å²) in [5.74, 6) is 1.80. The maximum absolute atomic E-state index is 6.26. The first kappa shape index (κ1) is 13.3. The Labute approximate surface area is 123 Å². The molecule has 1 heterocycles. The van der Waals surface area contributed by atoms with Crippen molar-refractivity contribution in [2.45, 2.75) is 12.3 Å². The van der Waals surface area contributed by atoms with E-state index in [1.54, 1.807) is 0 Å². The minimum atomic E-state index is 0.198. The molecule has 4 heteroatoms. The zero-order valence-corrected chi connectivity index (χ0v) is 11.8. The third-order valence-corrected chi connectivity index (χ3v) is 3.89. The highest BCUT2D eigenvalue weighted by molar-refractivity contribution is 6.31. The summed E-state index contributed by atoms with van der Waals surface area (Å²) in [6, 6.07) is 13.9. The molecule has 0 saturated carbocycles. The van der Waals surface area contributed by atoms with E-state index in [2.05, 4.69) is 0 Å². The van der Waals surface area contributed by atoms with Gasteiger partial charge in [0.25, 0.3) is 0 Å². The van der Waals surface area contributed by atoms with Crippen LogP contribution in [0.5, 0.6) is 11.5 Å². The molecule has 1 aliphatic rings. The molecule has 2 aromatic rings. The fraction of sp³-hybridized carbons (Fsp3) is 0.250. The maximum Gasteiger partial charge on any atom is 0.231 e. The van der Waals surface area contributed by atoms with Gasteiger partial charge >= 0.3 is 0 Å². The highest BCUT2D eigenvalue weighted by Gasteiger charge is 2.17. The van der Waals surface area contributed by atoms with E-state index in [4.69, 9.17) is 26.8 Å². The maximum atomic E-state index is 6.26. The molecule has 0 aromatic heterocycles. The lowest BCUT2D eigenvalue weighted by Crippen LogP contribution is -2.15. The molecule has 0 amide bonds. The van der Waals surface area contributed by atoms with E-state index in [-0.39, 0.29) is 5.92 Å². The summed E-state index contributed by atoms with van der Waals surface area (Å²) in [6.07, 6.45) is 0.830. The number of benzene rings is 2. The van der Waals surface area contributed by atoms with Gasteiger partial charge in [-0.2, -0.15) is 0 Å². The fourth-order valence-corrected chi connectivity index (χ4v) is 2.77. The molecule has 0 aliphatic carbocycles. The predicted molar refractivity (Wildman–Crippen MR) is 79.5 cm³/mol. The van der Waals surface area contributed by atoms with Crippen LogP contribution >= 0.6 is 11.6 Å². The molecule has 0 saturated heterocycles. The molecule has 0 spiro atoms. The summed E-state index contributed by atoms with van der Waals surface area (Å²) in [6.45, 7) is 0.849. The van der Waals surface area contributed by atoms with Crippen molar-refractivity contribution in [1.29, 1.82) is 0 Å². The molecule has 1 atom stereocenters. The standard InChI is InChI=1S/C16H16ClNO2/c17-14-4-2-1-3-13(14)12(9-18)7-11-5-6-15-16(8-11)20-10-19-15/h1-6,8,12H,7,9-10,18H2. The normalized spacial score (nSPS) is 14.3. The van der Waals surface area contributed by atoms with E-state index in [1.165, 1.54) is 5.56 Å². The van der Waals surface area contributed by atoms with Crippen LogP contribution in [0.2, 0.25) is 5.02 Å². The van der Waals surface area contributed by atoms with Crippen LogP contribution in [-0.4, -0.2) is 13.3 Å². The second kappa shape index (κ2) is 5.73. The lowest BCUT2D eigenvalue weighted by atomic mass is 9.92. The van der Waals surface area contributed by atoms with Crippen molar-refractivity contribution in [2.75, 3.05) is 13.3 Å². The Kier molecular flexibility index (Phi) is 3.81. The number of hydrogen-bond donors (Lipinski definition) is 1. The summed E-state index contributed by atoms with van der Waals surface area (Å²) in [7, 11) is 0. The van der Waals surface area contributed by atoms with Gasteiger partial charge in [0.05, 0.1) is 0 Å². The van der Waals surface area contributed by atoms with Gasteiger partial charge in [0.2, 0.25) is 6.79 Å². The minimum Gasteiger partial charge on any atom is -0.454 e. The zero-order chi connectivity index (χ0) is 13.9. The molecule has 1 unspecified atom stereocenters. The molecule has 3 nitrogen and oxygen atoms in total. The molecule has 2 N–H and O–H groups in total. The summed E-state index contributed by atoms with van der Waals surface area (Å²) in [5, 5.41) is 0.767. The van der Waals surface area contributed by atoms with Crippen LogP contribution in [0, 0.1) is 0 Å². The Bertz CT molecular complexity index is 615. The quantitative estimate of drug-likeness (QED) is 0.939. The number of ether oxygens (including phenoxy) is 2. The predicted octanol–water partition coefficient (Wildman–Crippen LogP) is 3.35. The highest BCUT2D eigenvalue weighted by Crippen LogP contribution is 2.34. The van der Waals surface area contributed by atoms with Gasteiger partial charge < -0.3 is 15.2 Å². The van der Waals surface area contributed by atoms with Crippen LogP contribution in [0.15, 0.2) is 42.5 Å². The summed E-state index contributed by atoms with van der Waals surface area (Å²) in [4.78, 5) is 0. The van der Waals surface area contributed by atoms with E-state index in [0.717, 1.165) is 28.5 Å². The van der Waals surface area contributed by atoms with Crippen molar-refractivity contribution in [2.24, 2.45) is 5.73 Å². The van der Waals surface area contributed by atoms with Crippen LogP contribution in [0.4, 0.5) is 0 Å². The second-order valence-corrected chi connectivity index (χ2v) is 5.25. The molecular weight excluding hydrogens is 274 g/mol. The van der Waals surface area contributed by atoms with Crippen molar-refractivity contribution in [3.8, 4) is 11.5 Å². The SMILES string of the molecule is NCC(Cc1ccc2c(c1)OCO2)c1ccccc1Cl. The van der Waals surface area contributed by atoms with E-state index >= 15 is 0 Å². The number of halogens is 1. The lowest BCUT2D eigenvalue weighted by Gasteiger charge is -2.17. The smallest absolute Gasteiger partial charge is 0.231 e. The average Bonchev–Trinajstić information content (AvgIpc) is 2.93. The van der Waals surface area contributed by atoms with Crippen molar-refractivity contribution >= 4 is 11.6 Å². The van der Waals surface area contributed by atoms with E-state index in [9.17, 15) is 0 Å². The molecule has 3 rings (SSSR count). The van der Waals surface area contributed by atoms with Gasteiger partial charge in [-0.1, -0.05) is 35.9 Å². The van der Waals surface area contributed by atoms with Crippen molar-refractivity contribution in [1.82, 2.24) is 0 Å². The summed E-state index contributed by atoms with van der Waals surface area (Å²) in [5.41, 5.74) is 8.18. The van der Waals surface area contributed by atoms with E-state index in [1.807, 2.05) is 42.5 Å². The van der Waals surface area contributed by atoms with E-state index in [0.29, 0.717) is 13.3 Å². The van der Waals surface area contributed by atoms with Crippen molar-refractivity contribution < 1.29 is 9.47 Å². The molecule has 1 aliphatic heterocycles. The Hall–Kier alpha value is -1.71. The van der Waals surface area contributed by atoms with Gasteiger partial charge in [-0.3, -0.25) is 0 Å². The van der Waals surface area contributed by atoms with Crippen molar-refractivity contribution in [3.63, 3.8) is 0 Å². The average molecular weight is 290 g/mol. The number of fused-ring (bicyclic) bond motifs is 1. The van der Waals surface area contributed by atoms with Gasteiger partial charge in [-0.05, 0) is 42.3 Å². The monoisotopic (exact) mass is 289 g/mol. The lowest BCUT2D eigenvalue weighted by molar-refractivity contribution is 0.174. The van der Waals surface area contributed by atoms with E-state index < -0.39 is 0 Å². The Morgan fingerprint density at radius 3 is 2.70 bits per heavy atom. The second-order valence-electron chi connectivity index (χ2n) is 4.85. The molecule has 2 aromatic carbocycles. The molecule has 20 heavy (non-hydrogen) atoms. The fourth-order valence-electron chi connectivity index (χ4n) is 2.48. The van der Waals surface area contributed by atoms with Crippen LogP contribution in [0.1, 0.15) is 17.0 Å². The van der Waals surface area contributed by atoms with Crippen LogP contribution in [-0.2, 0) is 6.42 Å². The van der Waals surface area contributed by atoms with Gasteiger partial charge in [0.15, 0.2) is 11.5 Å². The van der Waals surface area contributed by atoms with Crippen LogP contribution in [0.25, 0.3) is 0 Å². The summed E-state index contributed by atoms with van der Waals surface area (Å²) < 4.78 is 10.7. The number of nitrogens with two attached hydrogens (primary N) is 1. The molecular formula is C16H16ClNO2. The van der Waals surface area contributed by atoms with Gasteiger partial charge in [-0.25, -0.2) is 0 Å².